The maximum Gasteiger partial charge on any atom is 0.290 e. The number of aromatic nitrogens is 2. The number of β-amino-alcohol motifs (C(OH)–C–C–N with tert-alkyl or cyclic N) is 1. The van der Waals surface area contributed by atoms with E-state index in [9.17, 15) is 13.5 Å². The molecule has 0 bridgehead atoms. The number of hydrogen-bond donors (Lipinski definition) is 2. The quantitative estimate of drug-likeness (QED) is 0.658. The van der Waals surface area contributed by atoms with Crippen LogP contribution in [0.1, 0.15) is 5.89 Å². The number of fused-ring (bicyclic) bond motifs is 1. The van der Waals surface area contributed by atoms with Crippen LogP contribution >= 0.6 is 0 Å². The van der Waals surface area contributed by atoms with E-state index >= 15 is 0 Å². The first kappa shape index (κ1) is 20.2. The molecule has 2 N–H and O–H groups in total. The lowest BCUT2D eigenvalue weighted by molar-refractivity contribution is -0.122. The van der Waals surface area contributed by atoms with Gasteiger partial charge in [-0.25, -0.2) is 17.7 Å². The summed E-state index contributed by atoms with van der Waals surface area (Å²) in [6.45, 7) is 1.06. The minimum Gasteiger partial charge on any atom is -0.483 e. The number of hydrogen-bond acceptors (Lipinski definition) is 8. The molecule has 0 spiro atoms. The first-order valence-corrected chi connectivity index (χ1v) is 9.46. The van der Waals surface area contributed by atoms with Gasteiger partial charge >= 0.3 is 0 Å². The van der Waals surface area contributed by atoms with Crippen molar-refractivity contribution < 1.29 is 27.8 Å². The SMILES string of the molecule is CN(C)S(=O)(=O)C[C@@H]1CN(Cc2nc3ncccc3o2)C[C@H]1O.O=CO. The average Bonchev–Trinajstić information content (AvgIpc) is 3.10. The van der Waals surface area contributed by atoms with Gasteiger partial charge in [-0.15, -0.1) is 0 Å². The summed E-state index contributed by atoms with van der Waals surface area (Å²) in [5.41, 5.74) is 1.17. The Morgan fingerprint density at radius 1 is 1.42 bits per heavy atom. The third-order valence-electron chi connectivity index (χ3n) is 4.03. The lowest BCUT2D eigenvalue weighted by atomic mass is 10.1. The monoisotopic (exact) mass is 386 g/mol. The number of rotatable bonds is 5. The first-order chi connectivity index (χ1) is 12.3. The molecule has 1 saturated heterocycles. The van der Waals surface area contributed by atoms with Crippen LogP contribution in [-0.4, -0.2) is 83.3 Å². The van der Waals surface area contributed by atoms with E-state index in [1.54, 1.807) is 18.3 Å². The molecule has 1 aliphatic rings. The van der Waals surface area contributed by atoms with Gasteiger partial charge in [-0.2, -0.15) is 4.98 Å². The summed E-state index contributed by atoms with van der Waals surface area (Å²) >= 11 is 0. The smallest absolute Gasteiger partial charge is 0.290 e. The van der Waals surface area contributed by atoms with E-state index in [1.165, 1.54) is 18.4 Å². The van der Waals surface area contributed by atoms with Crippen molar-refractivity contribution in [3.63, 3.8) is 0 Å². The van der Waals surface area contributed by atoms with Crippen LogP contribution in [0.15, 0.2) is 22.7 Å². The fraction of sp³-hybridized carbons (Fsp3) is 0.533. The Kier molecular flexibility index (Phi) is 6.64. The molecule has 10 nitrogen and oxygen atoms in total. The standard InChI is InChI=1S/C14H20N4O4S.CH2O2/c1-17(2)23(20,21)9-10-6-18(7-11(10)19)8-13-16-14-12(22-13)4-3-5-15-14;2-1-3/h3-5,10-11,19H,6-9H2,1-2H3;1H,(H,2,3)/t10-,11+;/m0./s1. The topological polar surface area (TPSA) is 137 Å². The van der Waals surface area contributed by atoms with E-state index in [1.807, 2.05) is 4.90 Å². The van der Waals surface area contributed by atoms with E-state index in [0.29, 0.717) is 36.8 Å². The van der Waals surface area contributed by atoms with Crippen molar-refractivity contribution in [3.05, 3.63) is 24.2 Å². The minimum absolute atomic E-state index is 0.0627. The number of carbonyl (C=O) groups is 1. The molecule has 0 unspecified atom stereocenters. The first-order valence-electron chi connectivity index (χ1n) is 7.85. The van der Waals surface area contributed by atoms with Crippen LogP contribution in [0.2, 0.25) is 0 Å². The Hall–Kier alpha value is -2.08. The molecular formula is C15H22N4O6S. The Bertz CT molecular complexity index is 805. The summed E-state index contributed by atoms with van der Waals surface area (Å²) in [7, 11) is -0.334. The van der Waals surface area contributed by atoms with Crippen molar-refractivity contribution in [2.24, 2.45) is 5.92 Å². The van der Waals surface area contributed by atoms with Crippen LogP contribution in [0.25, 0.3) is 11.2 Å². The average molecular weight is 386 g/mol. The number of likely N-dealkylation sites (tertiary alicyclic amines) is 1. The highest BCUT2D eigenvalue weighted by Crippen LogP contribution is 2.22. The molecule has 3 heterocycles. The molecule has 0 aromatic carbocycles. The van der Waals surface area contributed by atoms with E-state index in [0.717, 1.165) is 0 Å². The number of nitrogens with zero attached hydrogens (tertiary/aromatic N) is 4. The Labute approximate surface area is 151 Å². The van der Waals surface area contributed by atoms with E-state index in [4.69, 9.17) is 14.3 Å². The van der Waals surface area contributed by atoms with Gasteiger partial charge in [0.25, 0.3) is 6.47 Å². The number of aliphatic hydroxyl groups is 1. The van der Waals surface area contributed by atoms with Gasteiger partial charge < -0.3 is 14.6 Å². The van der Waals surface area contributed by atoms with Gasteiger partial charge in [0.15, 0.2) is 11.2 Å². The van der Waals surface area contributed by atoms with Crippen molar-refractivity contribution in [1.29, 1.82) is 0 Å². The molecule has 0 saturated carbocycles. The van der Waals surface area contributed by atoms with Gasteiger partial charge in [0.2, 0.25) is 15.9 Å². The molecule has 0 amide bonds. The highest BCUT2D eigenvalue weighted by molar-refractivity contribution is 7.89. The van der Waals surface area contributed by atoms with Crippen LogP contribution in [0.3, 0.4) is 0 Å². The second-order valence-corrected chi connectivity index (χ2v) is 8.35. The summed E-state index contributed by atoms with van der Waals surface area (Å²) in [6, 6.07) is 3.57. The van der Waals surface area contributed by atoms with Gasteiger partial charge in [-0.05, 0) is 12.1 Å². The normalized spacial score (nSPS) is 20.9. The Balaban J connectivity index is 0.000000758. The molecule has 11 heteroatoms. The van der Waals surface area contributed by atoms with Gasteiger partial charge in [0.05, 0.1) is 18.4 Å². The van der Waals surface area contributed by atoms with Gasteiger partial charge in [0, 0.05) is 39.3 Å². The van der Waals surface area contributed by atoms with Crippen molar-refractivity contribution in [2.45, 2.75) is 12.6 Å². The molecule has 2 aromatic heterocycles. The summed E-state index contributed by atoms with van der Waals surface area (Å²) in [5.74, 6) is 0.138. The molecule has 144 valence electrons. The van der Waals surface area contributed by atoms with Crippen molar-refractivity contribution in [3.8, 4) is 0 Å². The van der Waals surface area contributed by atoms with Gasteiger partial charge in [-0.1, -0.05) is 0 Å². The molecule has 0 aliphatic carbocycles. The summed E-state index contributed by atoms with van der Waals surface area (Å²) in [4.78, 5) is 18.7. The Morgan fingerprint density at radius 3 is 2.73 bits per heavy atom. The molecule has 1 fully saturated rings. The molecule has 2 atom stereocenters. The van der Waals surface area contributed by atoms with Crippen molar-refractivity contribution >= 4 is 27.7 Å². The van der Waals surface area contributed by atoms with E-state index in [2.05, 4.69) is 9.97 Å². The number of carboxylic acid groups (broad SMARTS) is 1. The second-order valence-electron chi connectivity index (χ2n) is 6.12. The third-order valence-corrected chi connectivity index (χ3v) is 5.99. The third kappa shape index (κ3) is 4.97. The molecule has 2 aromatic rings. The van der Waals surface area contributed by atoms with Crippen molar-refractivity contribution in [2.75, 3.05) is 32.9 Å². The lowest BCUT2D eigenvalue weighted by Crippen LogP contribution is -2.33. The Morgan fingerprint density at radius 2 is 2.12 bits per heavy atom. The van der Waals surface area contributed by atoms with Crippen LogP contribution in [-0.2, 0) is 21.4 Å². The number of aliphatic hydroxyl groups excluding tert-OH is 1. The lowest BCUT2D eigenvalue weighted by Gasteiger charge is -2.17. The molecule has 1 aliphatic heterocycles. The molecular weight excluding hydrogens is 364 g/mol. The van der Waals surface area contributed by atoms with Crippen LogP contribution in [0.5, 0.6) is 0 Å². The zero-order chi connectivity index (χ0) is 19.3. The molecule has 26 heavy (non-hydrogen) atoms. The predicted octanol–water partition coefficient (Wildman–Crippen LogP) is -0.392. The summed E-state index contributed by atoms with van der Waals surface area (Å²) < 4.78 is 30.7. The fourth-order valence-corrected chi connectivity index (χ4v) is 3.89. The summed E-state index contributed by atoms with van der Waals surface area (Å²) in [5, 5.41) is 17.0. The predicted molar refractivity (Wildman–Crippen MR) is 92.7 cm³/mol. The minimum atomic E-state index is -3.33. The van der Waals surface area contributed by atoms with Crippen molar-refractivity contribution in [1.82, 2.24) is 19.2 Å². The highest BCUT2D eigenvalue weighted by Gasteiger charge is 2.35. The van der Waals surface area contributed by atoms with Crippen LogP contribution in [0, 0.1) is 5.92 Å². The largest absolute Gasteiger partial charge is 0.483 e. The highest BCUT2D eigenvalue weighted by atomic mass is 32.2. The van der Waals surface area contributed by atoms with Crippen LogP contribution in [0.4, 0.5) is 0 Å². The van der Waals surface area contributed by atoms with Crippen LogP contribution < -0.4 is 0 Å². The second kappa shape index (κ2) is 8.54. The number of pyridine rings is 1. The van der Waals surface area contributed by atoms with Gasteiger partial charge in [0.1, 0.15) is 0 Å². The fourth-order valence-electron chi connectivity index (χ4n) is 2.73. The van der Waals surface area contributed by atoms with Gasteiger partial charge in [-0.3, -0.25) is 9.69 Å². The van der Waals surface area contributed by atoms with E-state index < -0.39 is 16.1 Å². The molecule has 0 radical (unpaired) electrons. The maximum atomic E-state index is 12.0. The maximum absolute atomic E-state index is 12.0. The summed E-state index contributed by atoms with van der Waals surface area (Å²) in [6.07, 6.45) is 0.975. The number of sulfonamides is 1. The zero-order valence-electron chi connectivity index (χ0n) is 14.5. The number of oxazole rings is 1. The van der Waals surface area contributed by atoms with E-state index in [-0.39, 0.29) is 18.1 Å². The zero-order valence-corrected chi connectivity index (χ0v) is 15.3. The molecule has 3 rings (SSSR count).